The van der Waals surface area contributed by atoms with Crippen LogP contribution in [0, 0.1) is 0 Å². The van der Waals surface area contributed by atoms with Crippen molar-refractivity contribution in [1.82, 2.24) is 0 Å². The topological polar surface area (TPSA) is 132 Å². The maximum Gasteiger partial charge on any atom is 0.472 e. The Kier molecular flexibility index (Phi) is 44.8. The molecule has 0 rings (SSSR count). The Morgan fingerprint density at radius 2 is 0.950 bits per heavy atom. The van der Waals surface area contributed by atoms with Crippen LogP contribution in [-0.2, 0) is 27.9 Å². The number of aliphatic hydroxyl groups excluding tert-OH is 2. The number of hydrogen-bond donors (Lipinski definition) is 3. The highest BCUT2D eigenvalue weighted by Crippen LogP contribution is 2.43. The fourth-order valence-electron chi connectivity index (χ4n) is 6.26. The van der Waals surface area contributed by atoms with Crippen LogP contribution >= 0.6 is 7.82 Å². The molecule has 0 heterocycles. The highest BCUT2D eigenvalue weighted by molar-refractivity contribution is 7.47. The van der Waals surface area contributed by atoms with E-state index in [0.29, 0.717) is 13.0 Å². The molecule has 3 unspecified atom stereocenters. The number of rotatable bonds is 45. The van der Waals surface area contributed by atoms with Crippen molar-refractivity contribution in [3.8, 4) is 0 Å². The molecule has 0 saturated carbocycles. The van der Waals surface area contributed by atoms with Gasteiger partial charge in [-0.05, 0) is 83.5 Å². The lowest BCUT2D eigenvalue weighted by Gasteiger charge is -2.20. The number of allylic oxidation sites excluding steroid dienone is 12. The Bertz CT molecular complexity index is 1160. The number of unbranched alkanes of at least 4 members (excludes halogenated alkanes) is 19. The third kappa shape index (κ3) is 45.4. The zero-order valence-electron chi connectivity index (χ0n) is 38.2. The van der Waals surface area contributed by atoms with E-state index < -0.39 is 39.2 Å². The van der Waals surface area contributed by atoms with Gasteiger partial charge in [0.15, 0.2) is 0 Å². The van der Waals surface area contributed by atoms with Gasteiger partial charge >= 0.3 is 13.8 Å². The summed E-state index contributed by atoms with van der Waals surface area (Å²) in [4.78, 5) is 22.6. The van der Waals surface area contributed by atoms with Gasteiger partial charge < -0.3 is 24.6 Å². The fraction of sp³-hybridized carbons (Fsp3) is 0.740. The highest BCUT2D eigenvalue weighted by Gasteiger charge is 2.26. The Morgan fingerprint density at radius 1 is 0.533 bits per heavy atom. The van der Waals surface area contributed by atoms with E-state index >= 15 is 0 Å². The Balaban J connectivity index is 4.14. The molecule has 0 bridgehead atoms. The normalized spacial score (nSPS) is 14.6. The minimum absolute atomic E-state index is 0.0385. The Morgan fingerprint density at radius 3 is 1.43 bits per heavy atom. The van der Waals surface area contributed by atoms with E-state index in [0.717, 1.165) is 83.5 Å². The summed E-state index contributed by atoms with van der Waals surface area (Å²) in [5, 5.41) is 18.4. The van der Waals surface area contributed by atoms with Crippen LogP contribution in [0.5, 0.6) is 0 Å². The first-order valence-corrected chi connectivity index (χ1v) is 25.4. The molecular weight excluding hydrogens is 776 g/mol. The van der Waals surface area contributed by atoms with Crippen LogP contribution in [0.1, 0.15) is 194 Å². The summed E-state index contributed by atoms with van der Waals surface area (Å²) in [6.45, 7) is 3.36. The van der Waals surface area contributed by atoms with Gasteiger partial charge in [-0.25, -0.2) is 4.57 Å². The first kappa shape index (κ1) is 57.9. The number of ether oxygens (including phenoxy) is 2. The monoisotopic (exact) mass is 865 g/mol. The second-order valence-electron chi connectivity index (χ2n) is 15.7. The molecule has 0 amide bonds. The molecule has 10 heteroatoms. The highest BCUT2D eigenvalue weighted by atomic mass is 31.2. The van der Waals surface area contributed by atoms with Crippen molar-refractivity contribution >= 4 is 13.8 Å². The maximum atomic E-state index is 12.7. The third-order valence-electron chi connectivity index (χ3n) is 9.88. The van der Waals surface area contributed by atoms with Gasteiger partial charge in [-0.2, -0.15) is 0 Å². The van der Waals surface area contributed by atoms with Crippen molar-refractivity contribution in [2.75, 3.05) is 33.0 Å². The van der Waals surface area contributed by atoms with Gasteiger partial charge in [0.05, 0.1) is 26.4 Å². The molecule has 3 atom stereocenters. The summed E-state index contributed by atoms with van der Waals surface area (Å²) in [7, 11) is -4.53. The van der Waals surface area contributed by atoms with Gasteiger partial charge in [0.2, 0.25) is 0 Å². The van der Waals surface area contributed by atoms with Crippen molar-refractivity contribution < 1.29 is 43.0 Å². The SMILES string of the molecule is CC/C=C\C/C=C\C/C=C\C/C=C\CCCCCCCCCCCOCC(COP(=O)(O)OCC(O)CO)OC(=O)CCCCCCCCC/C=C\C/C=C\CCCCC. The average molecular weight is 865 g/mol. The summed E-state index contributed by atoms with van der Waals surface area (Å²) in [6, 6.07) is 0. The van der Waals surface area contributed by atoms with Crippen LogP contribution in [0.2, 0.25) is 0 Å². The molecule has 0 aliphatic heterocycles. The van der Waals surface area contributed by atoms with Gasteiger partial charge in [0.1, 0.15) is 12.2 Å². The molecule has 3 N–H and O–H groups in total. The van der Waals surface area contributed by atoms with Crippen LogP contribution in [0.3, 0.4) is 0 Å². The average Bonchev–Trinajstić information content (AvgIpc) is 3.24. The molecule has 0 fully saturated rings. The summed E-state index contributed by atoms with van der Waals surface area (Å²) >= 11 is 0. The van der Waals surface area contributed by atoms with E-state index in [9.17, 15) is 19.4 Å². The summed E-state index contributed by atoms with van der Waals surface area (Å²) in [6.07, 6.45) is 55.7. The van der Waals surface area contributed by atoms with E-state index in [2.05, 4.69) is 86.8 Å². The predicted octanol–water partition coefficient (Wildman–Crippen LogP) is 13.7. The molecular formula is C50H89O9P. The van der Waals surface area contributed by atoms with E-state index in [1.54, 1.807) is 0 Å². The second-order valence-corrected chi connectivity index (χ2v) is 17.2. The summed E-state index contributed by atoms with van der Waals surface area (Å²) < 4.78 is 33.5. The lowest BCUT2D eigenvalue weighted by Crippen LogP contribution is -2.29. The molecule has 0 aliphatic rings. The van der Waals surface area contributed by atoms with Gasteiger partial charge in [0.25, 0.3) is 0 Å². The molecule has 348 valence electrons. The van der Waals surface area contributed by atoms with Crippen molar-refractivity contribution in [1.29, 1.82) is 0 Å². The molecule has 0 aromatic rings. The summed E-state index contributed by atoms with van der Waals surface area (Å²) in [5.41, 5.74) is 0. The number of hydrogen-bond acceptors (Lipinski definition) is 8. The molecule has 0 aromatic heterocycles. The number of esters is 1. The van der Waals surface area contributed by atoms with Crippen molar-refractivity contribution in [2.24, 2.45) is 0 Å². The fourth-order valence-corrected chi connectivity index (χ4v) is 7.05. The third-order valence-corrected chi connectivity index (χ3v) is 10.8. The Hall–Kier alpha value is -2.10. The van der Waals surface area contributed by atoms with Crippen molar-refractivity contribution in [2.45, 2.75) is 206 Å². The van der Waals surface area contributed by atoms with Crippen LogP contribution in [0.25, 0.3) is 0 Å². The van der Waals surface area contributed by atoms with E-state index in [1.807, 2.05) is 0 Å². The van der Waals surface area contributed by atoms with Crippen LogP contribution in [0.4, 0.5) is 0 Å². The van der Waals surface area contributed by atoms with Crippen molar-refractivity contribution in [3.05, 3.63) is 72.9 Å². The number of aliphatic hydroxyl groups is 2. The zero-order valence-corrected chi connectivity index (χ0v) is 39.1. The quantitative estimate of drug-likeness (QED) is 0.0237. The number of carbonyl (C=O) groups excluding carboxylic acids is 1. The summed E-state index contributed by atoms with van der Waals surface area (Å²) in [5.74, 6) is -0.395. The number of carbonyl (C=O) groups is 1. The van der Waals surface area contributed by atoms with Crippen LogP contribution in [-0.4, -0.2) is 66.3 Å². The van der Waals surface area contributed by atoms with E-state index in [-0.39, 0.29) is 19.6 Å². The van der Waals surface area contributed by atoms with Crippen LogP contribution < -0.4 is 0 Å². The lowest BCUT2D eigenvalue weighted by molar-refractivity contribution is -0.154. The minimum Gasteiger partial charge on any atom is -0.457 e. The molecule has 9 nitrogen and oxygen atoms in total. The smallest absolute Gasteiger partial charge is 0.457 e. The lowest BCUT2D eigenvalue weighted by atomic mass is 10.1. The molecule has 0 aliphatic carbocycles. The largest absolute Gasteiger partial charge is 0.472 e. The molecule has 0 radical (unpaired) electrons. The zero-order chi connectivity index (χ0) is 43.9. The Labute approximate surface area is 367 Å². The molecule has 0 saturated heterocycles. The van der Waals surface area contributed by atoms with Gasteiger partial charge in [-0.3, -0.25) is 13.8 Å². The first-order chi connectivity index (χ1) is 29.3. The van der Waals surface area contributed by atoms with Gasteiger partial charge in [-0.1, -0.05) is 177 Å². The number of phosphoric acid groups is 1. The maximum absolute atomic E-state index is 12.7. The van der Waals surface area contributed by atoms with Crippen LogP contribution in [0.15, 0.2) is 72.9 Å². The van der Waals surface area contributed by atoms with Gasteiger partial charge in [0, 0.05) is 13.0 Å². The number of phosphoric ester groups is 1. The predicted molar refractivity (Wildman–Crippen MR) is 251 cm³/mol. The van der Waals surface area contributed by atoms with Gasteiger partial charge in [-0.15, -0.1) is 0 Å². The van der Waals surface area contributed by atoms with E-state index in [1.165, 1.54) is 83.5 Å². The molecule has 0 spiro atoms. The molecule has 0 aromatic carbocycles. The minimum atomic E-state index is -4.53. The standard InChI is InChI=1S/C50H89O9P/c1-3-5-7-9-11-13-15-17-19-21-22-23-24-25-27-29-31-33-35-37-39-41-43-56-46-49(47-58-60(54,55)57-45-48(52)44-51)59-50(53)42-40-38-36-34-32-30-28-26-20-18-16-14-12-10-8-6-4-2/h5,7,11-14,17-20,22-23,48-49,51-52H,3-4,6,8-10,15-16,21,24-47H2,1-2H3,(H,54,55)/b7-5-,13-11-,14-12-,19-17-,20-18-,23-22-. The van der Waals surface area contributed by atoms with Crippen molar-refractivity contribution in [3.63, 3.8) is 0 Å². The second kappa shape index (κ2) is 46.4. The van der Waals surface area contributed by atoms with E-state index in [4.69, 9.17) is 23.6 Å². The molecule has 60 heavy (non-hydrogen) atoms. The first-order valence-electron chi connectivity index (χ1n) is 23.9.